The molecule has 3 heterocycles. The molecule has 2 aliphatic rings. The Morgan fingerprint density at radius 3 is 1.88 bits per heavy atom. The van der Waals surface area contributed by atoms with E-state index in [-0.39, 0.29) is 18.8 Å². The van der Waals surface area contributed by atoms with E-state index in [0.29, 0.717) is 0 Å². The van der Waals surface area contributed by atoms with Gasteiger partial charge in [-0.25, -0.2) is 4.79 Å². The number of hydrogen-bond donors (Lipinski definition) is 3. The topological polar surface area (TPSA) is 328 Å². The van der Waals surface area contributed by atoms with Crippen molar-refractivity contribution in [3.8, 4) is 0 Å². The first-order chi connectivity index (χ1) is 35.1. The van der Waals surface area contributed by atoms with Crippen LogP contribution in [0.3, 0.4) is 0 Å². The van der Waals surface area contributed by atoms with E-state index in [4.69, 9.17) is 46.8 Å². The molecule has 76 heavy (non-hydrogen) atoms. The van der Waals surface area contributed by atoms with Crippen molar-refractivity contribution in [2.24, 2.45) is 0 Å². The zero-order chi connectivity index (χ0) is 58.1. The summed E-state index contributed by atoms with van der Waals surface area (Å²) in [5.41, 5.74) is -2.75. The number of nitrogens with one attached hydrogen (secondary N) is 2. The van der Waals surface area contributed by atoms with Crippen LogP contribution in [0.25, 0.3) is 0 Å². The van der Waals surface area contributed by atoms with Crippen LogP contribution in [0.2, 0.25) is 18.1 Å². The lowest BCUT2D eigenvalue weighted by Gasteiger charge is -2.51. The molecule has 1 aromatic heterocycles. The first-order valence-electron chi connectivity index (χ1n) is 24.9. The van der Waals surface area contributed by atoms with Crippen molar-refractivity contribution in [3.63, 3.8) is 0 Å². The lowest BCUT2D eigenvalue weighted by Crippen LogP contribution is -2.68. The fraction of sp³-hybridized carbons (Fsp3) is 0.750. The van der Waals surface area contributed by atoms with Gasteiger partial charge in [-0.15, -0.1) is 0 Å². The number of rotatable bonds is 24. The van der Waals surface area contributed by atoms with E-state index in [9.17, 15) is 52.6 Å². The van der Waals surface area contributed by atoms with Crippen molar-refractivity contribution in [2.75, 3.05) is 50.9 Å². The highest BCUT2D eigenvalue weighted by atomic mass is 31.2. The minimum absolute atomic E-state index is 0.109. The third-order valence-corrected chi connectivity index (χ3v) is 18.4. The number of esters is 6. The Morgan fingerprint density at radius 2 is 1.42 bits per heavy atom. The minimum atomic E-state index is -4.85. The van der Waals surface area contributed by atoms with Crippen molar-refractivity contribution in [3.05, 3.63) is 22.7 Å². The standard InChI is InChI=1S/C42H65N4O21PSi.C6H15N/c1-22(47)43-33-14-16-46(40(55)45-33)39-38(65-29(8)54)36(64-28(7)53)32(66-39)20-59-68(56,57)17-15-42(21-60-69(12,13)41(9,10)11)18-30(61-25(4)50)34(44-23(2)48)37(67-42)35(63-27(6)52)31(62-26(5)51)19-58-24(3)49;1-4-7(5-2)6-3/h14,16,30-32,34-39H,15,17-21H2,1-13H3,(H,44,48)(H,56,57)(H,43,45,47,55);4-6H2,1-3H3/t30-,31+,32+,34+,35+,36+,37+,38+,39+,42-;/m0./s1. The number of carbonyl (C=O) groups is 8. The molecule has 1 aromatic rings. The molecule has 2 saturated heterocycles. The van der Waals surface area contributed by atoms with Gasteiger partial charge in [0.15, 0.2) is 39.0 Å². The van der Waals surface area contributed by atoms with Crippen molar-refractivity contribution < 1.29 is 94.7 Å². The Hall–Kier alpha value is -5.15. The van der Waals surface area contributed by atoms with Crippen LogP contribution in [-0.2, 0) is 89.8 Å². The van der Waals surface area contributed by atoms with Crippen LogP contribution in [0, 0.1) is 0 Å². The van der Waals surface area contributed by atoms with Gasteiger partial charge in [0, 0.05) is 68.0 Å². The second-order valence-corrected chi connectivity index (χ2v) is 26.6. The molecule has 432 valence electrons. The van der Waals surface area contributed by atoms with Crippen LogP contribution in [-0.4, -0.2) is 175 Å². The molecule has 1 unspecified atom stereocenters. The van der Waals surface area contributed by atoms with Gasteiger partial charge >= 0.3 is 49.1 Å². The normalized spacial score (nSPS) is 24.0. The molecule has 2 amide bonds. The second-order valence-electron chi connectivity index (χ2n) is 19.8. The van der Waals surface area contributed by atoms with Gasteiger partial charge in [-0.05, 0) is 50.3 Å². The second kappa shape index (κ2) is 29.6. The summed E-state index contributed by atoms with van der Waals surface area (Å²) in [4.78, 5) is 130. The van der Waals surface area contributed by atoms with Crippen LogP contribution in [0.15, 0.2) is 17.1 Å². The maximum atomic E-state index is 14.2. The van der Waals surface area contributed by atoms with Gasteiger partial charge in [-0.3, -0.25) is 47.5 Å². The SMILES string of the molecule is CC(=O)Nc1ccn([C@@H]2O[C@H](COP(=O)(O)CC[C@@]3(CO[Si](C)(C)C(C)(C)C)C[C@H](OC(C)=O)[C@@H](NC(C)=O)[C@H]([C@H](OC(C)=O)[C@@H](COC(C)=O)OC(C)=O)O3)[C@@H](OC(C)=O)[C@H]2OC(C)=O)c(=O)n1.CCN(CC)CC. The molecule has 3 N–H and O–H groups in total. The lowest BCUT2D eigenvalue weighted by atomic mass is 9.82. The predicted molar refractivity (Wildman–Crippen MR) is 273 cm³/mol. The van der Waals surface area contributed by atoms with Gasteiger partial charge in [-0.1, -0.05) is 41.5 Å². The predicted octanol–water partition coefficient (Wildman–Crippen LogP) is 3.32. The Kier molecular flexibility index (Phi) is 26.0. The maximum absolute atomic E-state index is 14.2. The molecule has 2 aliphatic heterocycles. The van der Waals surface area contributed by atoms with Gasteiger partial charge in [0.25, 0.3) is 0 Å². The molecule has 11 atom stereocenters. The first-order valence-corrected chi connectivity index (χ1v) is 29.6. The molecule has 3 rings (SSSR count). The number of hydrogen-bond acceptors (Lipinski definition) is 22. The maximum Gasteiger partial charge on any atom is 0.351 e. The van der Waals surface area contributed by atoms with Gasteiger partial charge in [0.2, 0.25) is 11.8 Å². The molecule has 0 radical (unpaired) electrons. The zero-order valence-electron chi connectivity index (χ0n) is 46.6. The summed E-state index contributed by atoms with van der Waals surface area (Å²) in [5.74, 6) is -6.48. The monoisotopic (exact) mass is 1120 g/mol. The molecular formula is C48H80N5O21PSi. The third kappa shape index (κ3) is 21.3. The van der Waals surface area contributed by atoms with E-state index < -0.39 is 161 Å². The van der Waals surface area contributed by atoms with E-state index in [0.717, 1.165) is 53.0 Å². The largest absolute Gasteiger partial charge is 0.462 e. The quantitative estimate of drug-likeness (QED) is 0.0578. The summed E-state index contributed by atoms with van der Waals surface area (Å²) < 4.78 is 73.4. The van der Waals surface area contributed by atoms with Crippen molar-refractivity contribution in [1.82, 2.24) is 19.8 Å². The van der Waals surface area contributed by atoms with Gasteiger partial charge in [0.05, 0.1) is 31.0 Å². The highest BCUT2D eigenvalue weighted by molar-refractivity contribution is 7.52. The number of nitrogens with zero attached hydrogens (tertiary/aromatic N) is 3. The first kappa shape index (κ1) is 67.0. The minimum Gasteiger partial charge on any atom is -0.462 e. The van der Waals surface area contributed by atoms with Crippen LogP contribution >= 0.6 is 7.60 Å². The van der Waals surface area contributed by atoms with Crippen LogP contribution in [0.4, 0.5) is 5.82 Å². The Balaban J connectivity index is 0.00000263. The summed E-state index contributed by atoms with van der Waals surface area (Å²) >= 11 is 0. The van der Waals surface area contributed by atoms with Gasteiger partial charge < -0.3 is 67.3 Å². The Morgan fingerprint density at radius 1 is 0.855 bits per heavy atom. The van der Waals surface area contributed by atoms with Crippen molar-refractivity contribution in [2.45, 2.75) is 189 Å². The van der Waals surface area contributed by atoms with Crippen molar-refractivity contribution >= 4 is 69.4 Å². The van der Waals surface area contributed by atoms with E-state index in [1.807, 2.05) is 33.9 Å². The summed E-state index contributed by atoms with van der Waals surface area (Å²) in [5, 5.41) is 4.62. The number of carbonyl (C=O) groups excluding carboxylic acids is 8. The van der Waals surface area contributed by atoms with E-state index in [2.05, 4.69) is 41.3 Å². The molecular weight excluding hydrogens is 1040 g/mol. The van der Waals surface area contributed by atoms with Crippen LogP contribution < -0.4 is 16.3 Å². The molecule has 0 aromatic carbocycles. The molecule has 28 heteroatoms. The van der Waals surface area contributed by atoms with Crippen molar-refractivity contribution in [1.29, 1.82) is 0 Å². The molecule has 0 aliphatic carbocycles. The van der Waals surface area contributed by atoms with Crippen LogP contribution in [0.5, 0.6) is 0 Å². The molecule has 0 spiro atoms. The average Bonchev–Trinajstić information content (AvgIpc) is 3.60. The molecule has 2 fully saturated rings. The molecule has 0 saturated carbocycles. The summed E-state index contributed by atoms with van der Waals surface area (Å²) in [6, 6.07) is -0.106. The van der Waals surface area contributed by atoms with E-state index >= 15 is 0 Å². The molecule has 26 nitrogen and oxygen atoms in total. The highest BCUT2D eigenvalue weighted by Crippen LogP contribution is 2.49. The Labute approximate surface area is 444 Å². The number of amides is 2. The third-order valence-electron chi connectivity index (χ3n) is 12.6. The number of anilines is 1. The fourth-order valence-electron chi connectivity index (χ4n) is 7.98. The van der Waals surface area contributed by atoms with Gasteiger partial charge in [0.1, 0.15) is 30.7 Å². The number of aromatic nitrogens is 2. The summed E-state index contributed by atoms with van der Waals surface area (Å²) in [6.07, 6.45) is -12.6. The van der Waals surface area contributed by atoms with Gasteiger partial charge in [-0.2, -0.15) is 4.98 Å². The van der Waals surface area contributed by atoms with E-state index in [1.54, 1.807) is 0 Å². The lowest BCUT2D eigenvalue weighted by molar-refractivity contribution is -0.244. The highest BCUT2D eigenvalue weighted by Gasteiger charge is 2.56. The zero-order valence-corrected chi connectivity index (χ0v) is 48.5. The Bertz CT molecular complexity index is 2280. The summed E-state index contributed by atoms with van der Waals surface area (Å²) in [6.45, 7) is 26.7. The van der Waals surface area contributed by atoms with Crippen LogP contribution in [0.1, 0.15) is 116 Å². The average molecular weight is 1120 g/mol. The van der Waals surface area contributed by atoms with E-state index in [1.165, 1.54) is 38.8 Å². The summed E-state index contributed by atoms with van der Waals surface area (Å²) in [7, 11) is -7.60. The number of ether oxygens (including phenoxy) is 8. The fourth-order valence-corrected chi connectivity index (χ4v) is 10.2. The molecule has 0 bridgehead atoms. The smallest absolute Gasteiger partial charge is 0.351 e.